The first kappa shape index (κ1) is 17.3. The van der Waals surface area contributed by atoms with Crippen molar-refractivity contribution >= 4 is 0 Å². The molecule has 0 unspecified atom stereocenters. The molecular formula is C21H20FNO2. The molecule has 1 aromatic heterocycles. The van der Waals surface area contributed by atoms with Crippen molar-refractivity contribution in [2.24, 2.45) is 5.92 Å². The number of aromatic nitrogens is 1. The minimum atomic E-state index is -0.489. The van der Waals surface area contributed by atoms with Crippen LogP contribution in [-0.4, -0.2) is 24.5 Å². The molecule has 0 N–H and O–H groups in total. The third kappa shape index (κ3) is 4.99. The number of allylic oxidation sites excluding steroid dienone is 1. The fourth-order valence-corrected chi connectivity index (χ4v) is 2.55. The fourth-order valence-electron chi connectivity index (χ4n) is 2.55. The lowest BCUT2D eigenvalue weighted by atomic mass is 10.1. The third-order valence-corrected chi connectivity index (χ3v) is 3.98. The van der Waals surface area contributed by atoms with Gasteiger partial charge in [0.05, 0.1) is 18.9 Å². The number of hydrogen-bond donors (Lipinski definition) is 0. The highest BCUT2D eigenvalue weighted by molar-refractivity contribution is 5.59. The Hall–Kier alpha value is -2.48. The molecule has 1 aliphatic heterocycles. The summed E-state index contributed by atoms with van der Waals surface area (Å²) in [7, 11) is 0. The first-order chi connectivity index (χ1) is 12.2. The average molecular weight is 337 g/mol. The number of pyridine rings is 1. The molecule has 3 rings (SSSR count). The second-order valence-corrected chi connectivity index (χ2v) is 5.94. The van der Waals surface area contributed by atoms with E-state index in [-0.39, 0.29) is 5.82 Å². The molecule has 1 aliphatic rings. The number of rotatable bonds is 4. The van der Waals surface area contributed by atoms with Gasteiger partial charge >= 0.3 is 0 Å². The van der Waals surface area contributed by atoms with E-state index in [2.05, 4.69) is 23.4 Å². The van der Waals surface area contributed by atoms with E-state index in [0.717, 1.165) is 29.7 Å². The molecule has 0 saturated carbocycles. The zero-order valence-corrected chi connectivity index (χ0v) is 14.0. The summed E-state index contributed by atoms with van der Waals surface area (Å²) in [5.41, 5.74) is 2.43. The second kappa shape index (κ2) is 8.57. The predicted molar refractivity (Wildman–Crippen MR) is 95.1 cm³/mol. The molecule has 0 aliphatic carbocycles. The van der Waals surface area contributed by atoms with Crippen LogP contribution < -0.4 is 0 Å². The summed E-state index contributed by atoms with van der Waals surface area (Å²) in [6.07, 6.45) is 5.12. The summed E-state index contributed by atoms with van der Waals surface area (Å²) >= 11 is 0. The van der Waals surface area contributed by atoms with Crippen LogP contribution in [0.2, 0.25) is 0 Å². The van der Waals surface area contributed by atoms with Gasteiger partial charge < -0.3 is 9.47 Å². The van der Waals surface area contributed by atoms with Gasteiger partial charge in [0.15, 0.2) is 0 Å². The molecule has 0 atom stereocenters. The summed E-state index contributed by atoms with van der Waals surface area (Å²) in [6.45, 7) is 5.05. The van der Waals surface area contributed by atoms with Crippen molar-refractivity contribution in [1.29, 1.82) is 0 Å². The van der Waals surface area contributed by atoms with Crippen molar-refractivity contribution in [3.05, 3.63) is 66.6 Å². The van der Waals surface area contributed by atoms with Crippen molar-refractivity contribution in [3.8, 4) is 23.1 Å². The van der Waals surface area contributed by atoms with Crippen molar-refractivity contribution in [3.63, 3.8) is 0 Å². The van der Waals surface area contributed by atoms with Gasteiger partial charge in [-0.3, -0.25) is 4.98 Å². The summed E-state index contributed by atoms with van der Waals surface area (Å²) in [5.74, 6) is 6.15. The second-order valence-electron chi connectivity index (χ2n) is 5.94. The van der Waals surface area contributed by atoms with E-state index in [1.54, 1.807) is 18.3 Å². The maximum atomic E-state index is 13.0. The lowest BCUT2D eigenvalue weighted by Crippen LogP contribution is -2.31. The van der Waals surface area contributed by atoms with Gasteiger partial charge in [0.2, 0.25) is 6.29 Å². The first-order valence-electron chi connectivity index (χ1n) is 8.32. The van der Waals surface area contributed by atoms with Gasteiger partial charge in [0.25, 0.3) is 0 Å². The van der Waals surface area contributed by atoms with Gasteiger partial charge in [-0.05, 0) is 55.2 Å². The molecule has 0 bridgehead atoms. The van der Waals surface area contributed by atoms with Crippen LogP contribution in [0.15, 0.2) is 55.3 Å². The smallest absolute Gasteiger partial charge is 0.222 e. The van der Waals surface area contributed by atoms with Crippen LogP contribution in [0, 0.1) is 23.6 Å². The van der Waals surface area contributed by atoms with Crippen molar-refractivity contribution < 1.29 is 13.9 Å². The molecular weight excluding hydrogens is 317 g/mol. The van der Waals surface area contributed by atoms with Crippen LogP contribution in [0.4, 0.5) is 4.39 Å². The Labute approximate surface area is 147 Å². The standard InChI is InChI=1S/C21H20FNO2/c1-2-3-4-17-14-24-21(25-15-17)12-6-16-5-11-20(23-13-16)18-7-9-19(22)10-8-18/h2,5,7-11,13,17,21H,1,3-4,14-15H2/t17-,21-. The SMILES string of the molecule is C=CCC[C@H]1CO[C@H](C#Cc2ccc(-c3ccc(F)cc3)nc2)OC1. The van der Waals surface area contributed by atoms with E-state index in [0.29, 0.717) is 19.1 Å². The summed E-state index contributed by atoms with van der Waals surface area (Å²) in [4.78, 5) is 4.37. The molecule has 2 heterocycles. The highest BCUT2D eigenvalue weighted by Crippen LogP contribution is 2.18. The van der Waals surface area contributed by atoms with Crippen LogP contribution in [0.1, 0.15) is 18.4 Å². The van der Waals surface area contributed by atoms with Crippen LogP contribution in [-0.2, 0) is 9.47 Å². The molecule has 1 aromatic carbocycles. The zero-order chi connectivity index (χ0) is 17.5. The van der Waals surface area contributed by atoms with E-state index >= 15 is 0 Å². The van der Waals surface area contributed by atoms with Crippen molar-refractivity contribution in [1.82, 2.24) is 4.98 Å². The number of hydrogen-bond acceptors (Lipinski definition) is 3. The van der Waals surface area contributed by atoms with E-state index in [4.69, 9.17) is 9.47 Å². The number of nitrogens with zero attached hydrogens (tertiary/aromatic N) is 1. The first-order valence-corrected chi connectivity index (χ1v) is 8.32. The predicted octanol–water partition coefficient (Wildman–Crippen LogP) is 4.19. The van der Waals surface area contributed by atoms with E-state index in [9.17, 15) is 4.39 Å². The molecule has 1 saturated heterocycles. The highest BCUT2D eigenvalue weighted by atomic mass is 19.1. The number of benzene rings is 1. The molecule has 2 aromatic rings. The Morgan fingerprint density at radius 2 is 1.92 bits per heavy atom. The fraction of sp³-hybridized carbons (Fsp3) is 0.286. The molecule has 3 nitrogen and oxygen atoms in total. The minimum absolute atomic E-state index is 0.259. The number of ether oxygens (including phenoxy) is 2. The monoisotopic (exact) mass is 337 g/mol. The molecule has 128 valence electrons. The quantitative estimate of drug-likeness (QED) is 0.619. The lowest BCUT2D eigenvalue weighted by Gasteiger charge is -2.26. The molecule has 0 radical (unpaired) electrons. The average Bonchev–Trinajstić information content (AvgIpc) is 2.67. The van der Waals surface area contributed by atoms with Crippen molar-refractivity contribution in [2.75, 3.05) is 13.2 Å². The minimum Gasteiger partial charge on any atom is -0.342 e. The van der Waals surface area contributed by atoms with Gasteiger partial charge in [-0.2, -0.15) is 0 Å². The van der Waals surface area contributed by atoms with Gasteiger partial charge in [-0.25, -0.2) is 4.39 Å². The highest BCUT2D eigenvalue weighted by Gasteiger charge is 2.19. The topological polar surface area (TPSA) is 31.4 Å². The number of halogens is 1. The van der Waals surface area contributed by atoms with Gasteiger partial charge in [-0.15, -0.1) is 6.58 Å². The van der Waals surface area contributed by atoms with Crippen LogP contribution in [0.5, 0.6) is 0 Å². The normalized spacial score (nSPS) is 19.7. The van der Waals surface area contributed by atoms with E-state index < -0.39 is 6.29 Å². The van der Waals surface area contributed by atoms with Crippen LogP contribution in [0.25, 0.3) is 11.3 Å². The Bertz CT molecular complexity index is 751. The molecule has 0 spiro atoms. The van der Waals surface area contributed by atoms with Crippen LogP contribution in [0.3, 0.4) is 0 Å². The lowest BCUT2D eigenvalue weighted by molar-refractivity contribution is -0.169. The van der Waals surface area contributed by atoms with Crippen LogP contribution >= 0.6 is 0 Å². The van der Waals surface area contributed by atoms with Gasteiger partial charge in [-0.1, -0.05) is 12.0 Å². The van der Waals surface area contributed by atoms with E-state index in [1.807, 2.05) is 18.2 Å². The van der Waals surface area contributed by atoms with Gasteiger partial charge in [0, 0.05) is 23.2 Å². The van der Waals surface area contributed by atoms with Crippen molar-refractivity contribution in [2.45, 2.75) is 19.1 Å². The molecule has 1 fully saturated rings. The molecule has 0 amide bonds. The summed E-state index contributed by atoms with van der Waals surface area (Å²) < 4.78 is 24.2. The Balaban J connectivity index is 1.57. The van der Waals surface area contributed by atoms with Gasteiger partial charge in [0.1, 0.15) is 5.82 Å². The Morgan fingerprint density at radius 1 is 1.16 bits per heavy atom. The third-order valence-electron chi connectivity index (χ3n) is 3.98. The molecule has 4 heteroatoms. The Kier molecular flexibility index (Phi) is 5.95. The van der Waals surface area contributed by atoms with E-state index in [1.165, 1.54) is 12.1 Å². The zero-order valence-electron chi connectivity index (χ0n) is 14.0. The maximum Gasteiger partial charge on any atom is 0.222 e. The summed E-state index contributed by atoms with van der Waals surface area (Å²) in [5, 5.41) is 0. The molecule has 25 heavy (non-hydrogen) atoms. The summed E-state index contributed by atoms with van der Waals surface area (Å²) in [6, 6.07) is 10.0. The largest absolute Gasteiger partial charge is 0.342 e. The Morgan fingerprint density at radius 3 is 2.56 bits per heavy atom. The maximum absolute atomic E-state index is 13.0.